The van der Waals surface area contributed by atoms with Crippen molar-refractivity contribution in [2.45, 2.75) is 0 Å². The van der Waals surface area contributed by atoms with Crippen LogP contribution in [-0.2, 0) is 0 Å². The van der Waals surface area contributed by atoms with Crippen LogP contribution in [0, 0.1) is 0 Å². The Labute approximate surface area is 119 Å². The largest absolute Gasteiger partial charge is 0.496 e. The molecule has 2 aromatic rings. The van der Waals surface area contributed by atoms with Gasteiger partial charge >= 0.3 is 0 Å². The van der Waals surface area contributed by atoms with E-state index in [1.807, 2.05) is 54.6 Å². The predicted molar refractivity (Wildman–Crippen MR) is 83.5 cm³/mol. The third kappa shape index (κ3) is 3.54. The van der Waals surface area contributed by atoms with E-state index in [0.29, 0.717) is 0 Å². The minimum absolute atomic E-state index is 0.721. The topological polar surface area (TPSA) is 30.5 Å². The van der Waals surface area contributed by atoms with Crippen LogP contribution in [0.15, 0.2) is 54.6 Å². The van der Waals surface area contributed by atoms with Gasteiger partial charge in [-0.05, 0) is 18.2 Å². The Morgan fingerprint density at radius 1 is 0.900 bits per heavy atom. The highest BCUT2D eigenvalue weighted by atomic mass is 16.5. The highest BCUT2D eigenvalue weighted by molar-refractivity contribution is 5.59. The van der Waals surface area contributed by atoms with E-state index >= 15 is 0 Å². The molecule has 0 aromatic heterocycles. The van der Waals surface area contributed by atoms with E-state index < -0.39 is 0 Å². The first-order valence-electron chi connectivity index (χ1n) is 6.51. The number of ether oxygens (including phenoxy) is 2. The van der Waals surface area contributed by atoms with E-state index in [-0.39, 0.29) is 0 Å². The molecule has 0 saturated heterocycles. The lowest BCUT2D eigenvalue weighted by Gasteiger charge is -2.09. The van der Waals surface area contributed by atoms with Crippen molar-refractivity contribution in [2.24, 2.45) is 0 Å². The van der Waals surface area contributed by atoms with Gasteiger partial charge in [0.05, 0.1) is 19.9 Å². The van der Waals surface area contributed by atoms with E-state index in [0.717, 1.165) is 29.3 Å². The standard InChI is InChI=1S/C17H19NO2/c1-19-16-11-5-3-8-14(16)9-7-13-18-15-10-4-6-12-17(15)20-2/h3-12,18H,13H2,1-2H3. The van der Waals surface area contributed by atoms with Gasteiger partial charge in [-0.15, -0.1) is 0 Å². The van der Waals surface area contributed by atoms with Gasteiger partial charge in [-0.2, -0.15) is 0 Å². The van der Waals surface area contributed by atoms with Gasteiger partial charge in [0, 0.05) is 12.1 Å². The van der Waals surface area contributed by atoms with Crippen molar-refractivity contribution in [3.05, 3.63) is 60.2 Å². The zero-order valence-corrected chi connectivity index (χ0v) is 11.8. The fourth-order valence-electron chi connectivity index (χ4n) is 1.95. The summed E-state index contributed by atoms with van der Waals surface area (Å²) in [6, 6.07) is 15.8. The zero-order valence-electron chi connectivity index (χ0n) is 11.8. The molecule has 0 amide bonds. The summed E-state index contributed by atoms with van der Waals surface area (Å²) in [5.41, 5.74) is 2.05. The monoisotopic (exact) mass is 269 g/mol. The SMILES string of the molecule is COc1ccccc1C=CCNc1ccccc1OC. The second kappa shape index (κ2) is 7.24. The van der Waals surface area contributed by atoms with Gasteiger partial charge in [-0.3, -0.25) is 0 Å². The Morgan fingerprint density at radius 3 is 2.30 bits per heavy atom. The Bertz CT molecular complexity index is 579. The number of hydrogen-bond donors (Lipinski definition) is 1. The van der Waals surface area contributed by atoms with Gasteiger partial charge in [0.1, 0.15) is 11.5 Å². The summed E-state index contributed by atoms with van der Waals surface area (Å²) >= 11 is 0. The van der Waals surface area contributed by atoms with Crippen LogP contribution in [0.25, 0.3) is 6.08 Å². The van der Waals surface area contributed by atoms with Gasteiger partial charge in [-0.25, -0.2) is 0 Å². The molecule has 0 heterocycles. The number of methoxy groups -OCH3 is 2. The van der Waals surface area contributed by atoms with Gasteiger partial charge in [0.25, 0.3) is 0 Å². The normalized spacial score (nSPS) is 10.5. The first-order chi connectivity index (χ1) is 9.85. The molecule has 0 saturated carbocycles. The van der Waals surface area contributed by atoms with Gasteiger partial charge in [-0.1, -0.05) is 42.5 Å². The molecule has 20 heavy (non-hydrogen) atoms. The summed E-state index contributed by atoms with van der Waals surface area (Å²) in [6.45, 7) is 0.721. The Kier molecular flexibility index (Phi) is 5.07. The molecular weight excluding hydrogens is 250 g/mol. The van der Waals surface area contributed by atoms with Crippen LogP contribution >= 0.6 is 0 Å². The van der Waals surface area contributed by atoms with Crippen molar-refractivity contribution in [2.75, 3.05) is 26.1 Å². The molecule has 2 aromatic carbocycles. The van der Waals surface area contributed by atoms with E-state index in [1.54, 1.807) is 14.2 Å². The van der Waals surface area contributed by atoms with E-state index in [2.05, 4.69) is 11.4 Å². The quantitative estimate of drug-likeness (QED) is 0.864. The first kappa shape index (κ1) is 14.0. The van der Waals surface area contributed by atoms with Gasteiger partial charge < -0.3 is 14.8 Å². The maximum absolute atomic E-state index is 5.31. The lowest BCUT2D eigenvalue weighted by atomic mass is 10.2. The van der Waals surface area contributed by atoms with E-state index in [4.69, 9.17) is 9.47 Å². The minimum Gasteiger partial charge on any atom is -0.496 e. The van der Waals surface area contributed by atoms with Crippen LogP contribution in [-0.4, -0.2) is 20.8 Å². The lowest BCUT2D eigenvalue weighted by Crippen LogP contribution is -2.00. The molecule has 0 bridgehead atoms. The fourth-order valence-corrected chi connectivity index (χ4v) is 1.95. The molecular formula is C17H19NO2. The summed E-state index contributed by atoms with van der Waals surface area (Å²) in [6.07, 6.45) is 4.10. The van der Waals surface area contributed by atoms with Crippen molar-refractivity contribution < 1.29 is 9.47 Å². The van der Waals surface area contributed by atoms with Crippen LogP contribution < -0.4 is 14.8 Å². The molecule has 0 fully saturated rings. The maximum Gasteiger partial charge on any atom is 0.141 e. The van der Waals surface area contributed by atoms with E-state index in [1.165, 1.54) is 0 Å². The zero-order chi connectivity index (χ0) is 14.2. The lowest BCUT2D eigenvalue weighted by molar-refractivity contribution is 0.414. The molecule has 0 unspecified atom stereocenters. The Morgan fingerprint density at radius 2 is 1.55 bits per heavy atom. The molecule has 0 radical (unpaired) electrons. The predicted octanol–water partition coefficient (Wildman–Crippen LogP) is 3.83. The molecule has 1 N–H and O–H groups in total. The number of rotatable bonds is 6. The number of benzene rings is 2. The maximum atomic E-state index is 5.31. The third-order valence-corrected chi connectivity index (χ3v) is 2.95. The summed E-state index contributed by atoms with van der Waals surface area (Å²) in [5, 5.41) is 3.32. The van der Waals surface area contributed by atoms with Crippen LogP contribution in [0.2, 0.25) is 0 Å². The van der Waals surface area contributed by atoms with Crippen molar-refractivity contribution in [1.82, 2.24) is 0 Å². The molecule has 0 aliphatic heterocycles. The van der Waals surface area contributed by atoms with Crippen LogP contribution in [0.5, 0.6) is 11.5 Å². The molecule has 0 atom stereocenters. The highest BCUT2D eigenvalue weighted by Crippen LogP contribution is 2.23. The van der Waals surface area contributed by atoms with E-state index in [9.17, 15) is 0 Å². The summed E-state index contributed by atoms with van der Waals surface area (Å²) in [4.78, 5) is 0. The van der Waals surface area contributed by atoms with Crippen molar-refractivity contribution in [1.29, 1.82) is 0 Å². The number of anilines is 1. The molecule has 3 heteroatoms. The molecule has 2 rings (SSSR count). The number of para-hydroxylation sites is 3. The summed E-state index contributed by atoms with van der Waals surface area (Å²) in [5.74, 6) is 1.72. The van der Waals surface area contributed by atoms with Gasteiger partial charge in [0.2, 0.25) is 0 Å². The molecule has 3 nitrogen and oxygen atoms in total. The Balaban J connectivity index is 1.97. The van der Waals surface area contributed by atoms with Crippen molar-refractivity contribution in [3.63, 3.8) is 0 Å². The number of hydrogen-bond acceptors (Lipinski definition) is 3. The fraction of sp³-hybridized carbons (Fsp3) is 0.176. The average molecular weight is 269 g/mol. The van der Waals surface area contributed by atoms with Crippen molar-refractivity contribution in [3.8, 4) is 11.5 Å². The second-order valence-corrected chi connectivity index (χ2v) is 4.23. The molecule has 0 spiro atoms. The minimum atomic E-state index is 0.721. The third-order valence-electron chi connectivity index (χ3n) is 2.95. The van der Waals surface area contributed by atoms with Crippen LogP contribution in [0.4, 0.5) is 5.69 Å². The second-order valence-electron chi connectivity index (χ2n) is 4.23. The number of nitrogens with one attached hydrogen (secondary N) is 1. The first-order valence-corrected chi connectivity index (χ1v) is 6.51. The summed E-state index contributed by atoms with van der Waals surface area (Å²) in [7, 11) is 3.35. The van der Waals surface area contributed by atoms with Crippen LogP contribution in [0.3, 0.4) is 0 Å². The average Bonchev–Trinajstić information content (AvgIpc) is 2.52. The highest BCUT2D eigenvalue weighted by Gasteiger charge is 1.99. The van der Waals surface area contributed by atoms with Crippen LogP contribution in [0.1, 0.15) is 5.56 Å². The Hall–Kier alpha value is -2.42. The summed E-state index contributed by atoms with van der Waals surface area (Å²) < 4.78 is 10.6. The molecule has 0 aliphatic rings. The van der Waals surface area contributed by atoms with Gasteiger partial charge in [0.15, 0.2) is 0 Å². The molecule has 0 aliphatic carbocycles. The smallest absolute Gasteiger partial charge is 0.141 e. The van der Waals surface area contributed by atoms with Crippen molar-refractivity contribution >= 4 is 11.8 Å². The molecule has 104 valence electrons.